The Morgan fingerprint density at radius 3 is 0.610 bits per heavy atom. The van der Waals surface area contributed by atoms with Crippen molar-refractivity contribution in [3.63, 3.8) is 0 Å². The Labute approximate surface area is 881 Å². The van der Waals surface area contributed by atoms with E-state index in [0.717, 1.165) is 198 Å². The highest BCUT2D eigenvalue weighted by molar-refractivity contribution is 8.06. The van der Waals surface area contributed by atoms with Crippen LogP contribution < -0.4 is 117 Å². The molecule has 28 nitrogen and oxygen atoms in total. The third kappa shape index (κ3) is 228. The number of hydrazine groups is 4. The van der Waals surface area contributed by atoms with E-state index in [1.807, 2.05) is 271 Å². The van der Waals surface area contributed by atoms with Crippen molar-refractivity contribution >= 4 is 70.8 Å². The smallest absolute Gasteiger partial charge is 0.0965 e. The molecule has 17 heterocycles. The molecule has 17 fully saturated rings. The number of rotatable bonds is 0. The van der Waals surface area contributed by atoms with Crippen LogP contribution in [0.25, 0.3) is 0 Å². The first-order valence-electron chi connectivity index (χ1n) is 56.8. The lowest BCUT2D eigenvalue weighted by Gasteiger charge is -2.13. The molecule has 0 unspecified atom stereocenters. The van der Waals surface area contributed by atoms with E-state index in [1.54, 1.807) is 0 Å². The minimum Gasteiger partial charge on any atom is -0.381 e. The van der Waals surface area contributed by atoms with Gasteiger partial charge in [-0.05, 0) is 166 Å². The molecule has 0 aromatic rings. The van der Waals surface area contributed by atoms with Crippen molar-refractivity contribution in [2.24, 2.45) is 0 Å². The summed E-state index contributed by atoms with van der Waals surface area (Å²) in [7, 11) is 0. The third-order valence-corrected chi connectivity index (χ3v) is 21.7. The Bertz CT molecular complexity index is 835. The molecule has 136 heavy (non-hydrogen) atoms. The van der Waals surface area contributed by atoms with E-state index in [-0.39, 0.29) is 0 Å². The van der Waals surface area contributed by atoms with Crippen molar-refractivity contribution < 1.29 is 28.5 Å². The molecule has 17 saturated heterocycles. The molecule has 17 aliphatic rings. The highest BCUT2D eigenvalue weighted by Gasteiger charge is 2.03. The van der Waals surface area contributed by atoms with Gasteiger partial charge in [-0.3, -0.25) is 42.3 Å². The first kappa shape index (κ1) is 176. The van der Waals surface area contributed by atoms with Gasteiger partial charge in [0.15, 0.2) is 0 Å². The van der Waals surface area contributed by atoms with Crippen LogP contribution in [0.2, 0.25) is 0 Å². The van der Waals surface area contributed by atoms with Gasteiger partial charge in [-0.25, -0.2) is 21.8 Å². The summed E-state index contributed by atoms with van der Waals surface area (Å²) in [6.07, 6.45) is 25.5. The number of piperidine rings is 1. The predicted octanol–water partition coefficient (Wildman–Crippen LogP) is 19.5. The van der Waals surface area contributed by atoms with Crippen molar-refractivity contribution in [1.29, 1.82) is 0 Å². The SMILES string of the molecule is C1CCNCC1.C1CCNNC1.C1CCOCC1.C1CCONC1.C1CCSCC1.C1CCSNC1.C1CNCCN1.C1CNCNC1.C1CNCOC1.C1CNCSC1.C1CNNCN1.C1CNNNC1.C1COCCN1.C1COCCO1.C1CSCCN1.C1CSCCS1.C1NCNCN1.CC.CC.CC.CC.CC.CC.CC.CC.CC.CC.CC.CC.CC.CC.CC.CC.CC. The average molecular weight is 2080 g/mol. The highest BCUT2D eigenvalue weighted by Crippen LogP contribution is 2.16. The van der Waals surface area contributed by atoms with Gasteiger partial charge in [0.2, 0.25) is 0 Å². The molecule has 0 atom stereocenters. The Balaban J connectivity index is -0.0000000723. The molecule has 0 aliphatic carbocycles. The minimum atomic E-state index is 0.750. The molecule has 34 heteroatoms. The Morgan fingerprint density at radius 1 is 0.162 bits per heavy atom. The summed E-state index contributed by atoms with van der Waals surface area (Å²) < 4.78 is 28.1. The second kappa shape index (κ2) is 234. The summed E-state index contributed by atoms with van der Waals surface area (Å²) in [6, 6.07) is 0. The van der Waals surface area contributed by atoms with Gasteiger partial charge < -0.3 is 76.4 Å². The fourth-order valence-electron chi connectivity index (χ4n) is 9.32. The maximum absolute atomic E-state index is 5.07. The summed E-state index contributed by atoms with van der Waals surface area (Å²) in [6.45, 7) is 107. The van der Waals surface area contributed by atoms with E-state index < -0.39 is 0 Å². The number of nitrogens with one attached hydrogen (secondary N) is 22. The summed E-state index contributed by atoms with van der Waals surface area (Å²) in [5, 5.41) is 41.1. The van der Waals surface area contributed by atoms with E-state index >= 15 is 0 Å². The first-order chi connectivity index (χ1) is 68.0. The Kier molecular flexibility index (Phi) is 302. The van der Waals surface area contributed by atoms with Gasteiger partial charge in [0, 0.05) is 197 Å². The lowest BCUT2D eigenvalue weighted by molar-refractivity contribution is -0.0334. The van der Waals surface area contributed by atoms with Crippen LogP contribution in [-0.4, -0.2) is 314 Å². The van der Waals surface area contributed by atoms with Crippen LogP contribution in [0.15, 0.2) is 0 Å². The summed E-state index contributed by atoms with van der Waals surface area (Å²) >= 11 is 12.1. The molecule has 0 saturated carbocycles. The van der Waals surface area contributed by atoms with Gasteiger partial charge in [0.05, 0.1) is 59.6 Å². The number of morpholine rings is 1. The number of hydrogen-bond donors (Lipinski definition) is 22. The fraction of sp³-hybridized carbons (Fsp3) is 1.00. The maximum atomic E-state index is 5.07. The fourth-order valence-corrected chi connectivity index (χ4v) is 15.0. The summed E-state index contributed by atoms with van der Waals surface area (Å²) in [5.41, 5.74) is 23.4. The van der Waals surface area contributed by atoms with E-state index in [1.165, 1.54) is 238 Å². The highest BCUT2D eigenvalue weighted by atomic mass is 32.2. The van der Waals surface area contributed by atoms with Crippen molar-refractivity contribution in [1.82, 2.24) is 117 Å². The van der Waals surface area contributed by atoms with Gasteiger partial charge in [0.1, 0.15) is 0 Å². The Morgan fingerprint density at radius 2 is 0.485 bits per heavy atom. The molecule has 0 spiro atoms. The van der Waals surface area contributed by atoms with Gasteiger partial charge >= 0.3 is 0 Å². The first-order valence-corrected chi connectivity index (χ1v) is 63.5. The molecule has 0 aromatic heterocycles. The molecule has 0 bridgehead atoms. The number of ether oxygens (including phenoxy) is 5. The quantitative estimate of drug-likeness (QED) is 0.100. The minimum absolute atomic E-state index is 0.750. The largest absolute Gasteiger partial charge is 0.381 e. The van der Waals surface area contributed by atoms with Crippen molar-refractivity contribution in [3.05, 3.63) is 0 Å². The van der Waals surface area contributed by atoms with Crippen molar-refractivity contribution in [2.45, 2.75) is 357 Å². The number of piperazine rings is 1. The summed E-state index contributed by atoms with van der Waals surface area (Å²) in [4.78, 5) is 4.82. The molecule has 0 aromatic carbocycles. The van der Waals surface area contributed by atoms with Crippen LogP contribution in [0.4, 0.5) is 0 Å². The molecular formula is C102H260N22O6S6. The number of thioether (sulfide) groups is 5. The standard InChI is InChI=1S/C5H11N.C5H10O.C5H10S.3C4H10N2.3C4H9NO.3C4H9NS.C4H8O2.C4H8S2.3C3H9N3.17C2H6/c3*1-2-4-6-5-3-1;1-2-6-4-3-5-1;1-2-5-4-6-3-1;1-2-4-6-5-3-1;1-3-6-4-2-5-1;1-2-5-4-6-3-1;1-2-4-6-5-3-1;1-3-6-4-2-5-1;1-2-5-4-6-3-1;1-2-4-6-5-3-1;2*1-2-6-4-3-5-1;1-4-2-6-3-5-1;1-2-5-6-3-4-1;1-2-4-6-5-3-1;17*1-2/h6H,1-5H2;2*1-5H2;3*5-6H,1-4H2;6*5H,1-4H2;2*1-4H2;3*4-6H,1-3H2;17*1-2H3. The van der Waals surface area contributed by atoms with Gasteiger partial charge in [-0.15, -0.1) is 11.8 Å². The number of hydroxylamine groups is 1. The molecular weight excluding hydrogens is 1820 g/mol. The predicted molar refractivity (Wildman–Crippen MR) is 640 cm³/mol. The third-order valence-electron chi connectivity index (χ3n) is 15.2. The lowest BCUT2D eigenvalue weighted by Crippen LogP contribution is -2.49. The van der Waals surface area contributed by atoms with Gasteiger partial charge in [-0.2, -0.15) is 52.6 Å². The van der Waals surface area contributed by atoms with E-state index in [4.69, 9.17) is 28.5 Å². The second-order valence-corrected chi connectivity index (χ2v) is 31.5. The van der Waals surface area contributed by atoms with Gasteiger partial charge in [0.25, 0.3) is 0 Å². The monoisotopic (exact) mass is 2080 g/mol. The van der Waals surface area contributed by atoms with Crippen molar-refractivity contribution in [2.75, 3.05) is 314 Å². The van der Waals surface area contributed by atoms with E-state index in [0.29, 0.717) is 0 Å². The molecule has 0 amide bonds. The van der Waals surface area contributed by atoms with E-state index in [9.17, 15) is 0 Å². The van der Waals surface area contributed by atoms with Crippen LogP contribution in [0, 0.1) is 0 Å². The van der Waals surface area contributed by atoms with Crippen LogP contribution in [0.5, 0.6) is 0 Å². The molecule has 17 rings (SSSR count). The topological polar surface area (TPSA) is 320 Å². The summed E-state index contributed by atoms with van der Waals surface area (Å²) in [5.74, 6) is 14.8. The maximum Gasteiger partial charge on any atom is 0.0965 e. The zero-order valence-electron chi connectivity index (χ0n) is 98.0. The van der Waals surface area contributed by atoms with Crippen LogP contribution >= 0.6 is 70.8 Å². The molecule has 0 radical (unpaired) electrons. The van der Waals surface area contributed by atoms with Crippen molar-refractivity contribution in [3.8, 4) is 0 Å². The van der Waals surface area contributed by atoms with Crippen LogP contribution in [0.1, 0.15) is 357 Å². The Hall–Kier alpha value is 0.980. The van der Waals surface area contributed by atoms with Crippen LogP contribution in [-0.2, 0) is 28.5 Å². The molecule has 17 aliphatic heterocycles. The number of hydrogen-bond acceptors (Lipinski definition) is 34. The average Bonchev–Trinajstić information content (AvgIpc) is 4.05. The van der Waals surface area contributed by atoms with Crippen LogP contribution in [0.3, 0.4) is 0 Å². The normalized spacial score (nSPS) is 18.8. The molecule has 22 N–H and O–H groups in total. The lowest BCUT2D eigenvalue weighted by atomic mass is 10.2. The molecule has 850 valence electrons. The zero-order chi connectivity index (χ0) is 106. The second-order valence-electron chi connectivity index (χ2n) is 24.5. The van der Waals surface area contributed by atoms with Gasteiger partial charge in [-0.1, -0.05) is 260 Å². The zero-order valence-corrected chi connectivity index (χ0v) is 103. The van der Waals surface area contributed by atoms with E-state index in [2.05, 4.69) is 153 Å².